The molecule has 0 radical (unpaired) electrons. The van der Waals surface area contributed by atoms with Crippen LogP contribution in [0.25, 0.3) is 0 Å². The van der Waals surface area contributed by atoms with Crippen LogP contribution in [0.3, 0.4) is 0 Å². The van der Waals surface area contributed by atoms with E-state index < -0.39 is 0 Å². The molecule has 0 unspecified atom stereocenters. The number of hydrogen-bond donors (Lipinski definition) is 1. The van der Waals surface area contributed by atoms with Crippen molar-refractivity contribution in [2.75, 3.05) is 20.3 Å². The summed E-state index contributed by atoms with van der Waals surface area (Å²) < 4.78 is 9.85. The van der Waals surface area contributed by atoms with Crippen LogP contribution < -0.4 is 5.32 Å². The summed E-state index contributed by atoms with van der Waals surface area (Å²) in [5.41, 5.74) is 0. The van der Waals surface area contributed by atoms with Crippen molar-refractivity contribution in [1.82, 2.24) is 15.5 Å². The van der Waals surface area contributed by atoms with Crippen LogP contribution in [0.2, 0.25) is 0 Å². The van der Waals surface area contributed by atoms with E-state index in [4.69, 9.17) is 15.7 Å². The summed E-state index contributed by atoms with van der Waals surface area (Å²) in [6.07, 6.45) is 5.73. The molecule has 0 aliphatic heterocycles. The molecule has 1 aromatic heterocycles. The molecule has 0 aliphatic carbocycles. The van der Waals surface area contributed by atoms with Gasteiger partial charge in [0.05, 0.1) is 19.7 Å². The third kappa shape index (κ3) is 3.56. The molecule has 5 heteroatoms. The molecule has 0 aliphatic rings. The maximum atomic E-state index is 5.07. The number of nitrogens with one attached hydrogen (secondary N) is 1. The molecule has 0 aromatic carbocycles. The van der Waals surface area contributed by atoms with Gasteiger partial charge in [0, 0.05) is 13.5 Å². The van der Waals surface area contributed by atoms with E-state index >= 15 is 0 Å². The SMILES string of the molecule is C#CCNCc1nc(CCOC)no1. The van der Waals surface area contributed by atoms with Gasteiger partial charge in [-0.25, -0.2) is 0 Å². The van der Waals surface area contributed by atoms with E-state index in [0.29, 0.717) is 37.8 Å². The molecule has 0 atom stereocenters. The Balaban J connectivity index is 2.32. The zero-order chi connectivity index (χ0) is 10.2. The highest BCUT2D eigenvalue weighted by Crippen LogP contribution is 1.97. The molecule has 0 bridgehead atoms. The van der Waals surface area contributed by atoms with E-state index in [1.54, 1.807) is 7.11 Å². The topological polar surface area (TPSA) is 60.2 Å². The summed E-state index contributed by atoms with van der Waals surface area (Å²) in [7, 11) is 1.63. The fourth-order valence-corrected chi connectivity index (χ4v) is 0.898. The first-order valence-corrected chi connectivity index (χ1v) is 4.31. The molecule has 76 valence electrons. The maximum absolute atomic E-state index is 5.07. The normalized spacial score (nSPS) is 10.0. The van der Waals surface area contributed by atoms with E-state index in [2.05, 4.69) is 21.4 Å². The minimum absolute atomic E-state index is 0.496. The molecule has 5 nitrogen and oxygen atoms in total. The molecule has 0 saturated heterocycles. The third-order valence-electron chi connectivity index (χ3n) is 1.54. The number of hydrogen-bond acceptors (Lipinski definition) is 5. The van der Waals surface area contributed by atoms with Gasteiger partial charge in [-0.1, -0.05) is 11.1 Å². The van der Waals surface area contributed by atoms with Crippen molar-refractivity contribution in [1.29, 1.82) is 0 Å². The highest BCUT2D eigenvalue weighted by molar-refractivity contribution is 4.90. The Kier molecular flexibility index (Phi) is 4.69. The highest BCUT2D eigenvalue weighted by atomic mass is 16.5. The van der Waals surface area contributed by atoms with Gasteiger partial charge in [0.1, 0.15) is 0 Å². The van der Waals surface area contributed by atoms with E-state index in [1.165, 1.54) is 0 Å². The number of ether oxygens (including phenoxy) is 1. The Morgan fingerprint density at radius 3 is 3.21 bits per heavy atom. The van der Waals surface area contributed by atoms with Gasteiger partial charge in [-0.2, -0.15) is 4.98 Å². The Hall–Kier alpha value is -1.38. The van der Waals surface area contributed by atoms with Crippen molar-refractivity contribution in [2.45, 2.75) is 13.0 Å². The summed E-state index contributed by atoms with van der Waals surface area (Å²) in [6, 6.07) is 0. The van der Waals surface area contributed by atoms with Crippen molar-refractivity contribution in [3.05, 3.63) is 11.7 Å². The molecule has 0 amide bonds. The number of nitrogens with zero attached hydrogens (tertiary/aromatic N) is 2. The average Bonchev–Trinajstić information content (AvgIpc) is 2.63. The standard InChI is InChI=1S/C9H13N3O2/c1-3-5-10-7-9-11-8(12-14-9)4-6-13-2/h1,10H,4-7H2,2H3. The van der Waals surface area contributed by atoms with E-state index in [1.807, 2.05) is 0 Å². The van der Waals surface area contributed by atoms with Gasteiger partial charge in [-0.05, 0) is 0 Å². The van der Waals surface area contributed by atoms with Crippen LogP contribution >= 0.6 is 0 Å². The third-order valence-corrected chi connectivity index (χ3v) is 1.54. The van der Waals surface area contributed by atoms with Crippen molar-refractivity contribution < 1.29 is 9.26 Å². The van der Waals surface area contributed by atoms with Crippen LogP contribution in [0.5, 0.6) is 0 Å². The molecule has 1 aromatic rings. The van der Waals surface area contributed by atoms with Crippen molar-refractivity contribution in [3.63, 3.8) is 0 Å². The average molecular weight is 195 g/mol. The van der Waals surface area contributed by atoms with E-state index in [0.717, 1.165) is 0 Å². The number of terminal acetylenes is 1. The molecule has 0 saturated carbocycles. The number of rotatable bonds is 6. The Labute approximate surface area is 82.8 Å². The molecule has 1 heterocycles. The predicted octanol–water partition coefficient (Wildman–Crippen LogP) is -0.0187. The zero-order valence-electron chi connectivity index (χ0n) is 8.12. The van der Waals surface area contributed by atoms with Gasteiger partial charge in [0.25, 0.3) is 0 Å². The zero-order valence-corrected chi connectivity index (χ0v) is 8.12. The quantitative estimate of drug-likeness (QED) is 0.510. The van der Waals surface area contributed by atoms with Crippen LogP contribution in [0.15, 0.2) is 4.52 Å². The lowest BCUT2D eigenvalue weighted by atomic mass is 10.4. The molecular formula is C9H13N3O2. The van der Waals surface area contributed by atoms with Gasteiger partial charge < -0.3 is 9.26 Å². The Morgan fingerprint density at radius 2 is 2.50 bits per heavy atom. The van der Waals surface area contributed by atoms with Crippen LogP contribution in [-0.2, 0) is 17.7 Å². The van der Waals surface area contributed by atoms with Gasteiger partial charge in [-0.15, -0.1) is 6.42 Å². The minimum Gasteiger partial charge on any atom is -0.384 e. The second-order valence-corrected chi connectivity index (χ2v) is 2.65. The van der Waals surface area contributed by atoms with Crippen molar-refractivity contribution in [2.24, 2.45) is 0 Å². The first-order valence-electron chi connectivity index (χ1n) is 4.31. The molecule has 1 rings (SSSR count). The van der Waals surface area contributed by atoms with Crippen LogP contribution in [0.4, 0.5) is 0 Å². The first-order chi connectivity index (χ1) is 6.86. The molecule has 14 heavy (non-hydrogen) atoms. The summed E-state index contributed by atoms with van der Waals surface area (Å²) >= 11 is 0. The second kappa shape index (κ2) is 6.13. The lowest BCUT2D eigenvalue weighted by Crippen LogP contribution is -2.13. The Bertz CT molecular complexity index is 303. The van der Waals surface area contributed by atoms with Crippen molar-refractivity contribution >= 4 is 0 Å². The fraction of sp³-hybridized carbons (Fsp3) is 0.556. The van der Waals surface area contributed by atoms with Gasteiger partial charge >= 0.3 is 0 Å². The number of methoxy groups -OCH3 is 1. The molecule has 0 fully saturated rings. The largest absolute Gasteiger partial charge is 0.384 e. The van der Waals surface area contributed by atoms with E-state index in [-0.39, 0.29) is 0 Å². The van der Waals surface area contributed by atoms with Gasteiger partial charge in [-0.3, -0.25) is 5.32 Å². The maximum Gasteiger partial charge on any atom is 0.240 e. The van der Waals surface area contributed by atoms with Gasteiger partial charge in [0.2, 0.25) is 5.89 Å². The summed E-state index contributed by atoms with van der Waals surface area (Å²) in [5.74, 6) is 3.66. The smallest absolute Gasteiger partial charge is 0.240 e. The predicted molar refractivity (Wildman–Crippen MR) is 50.4 cm³/mol. The van der Waals surface area contributed by atoms with Crippen LogP contribution in [0.1, 0.15) is 11.7 Å². The Morgan fingerprint density at radius 1 is 1.64 bits per heavy atom. The minimum atomic E-state index is 0.496. The van der Waals surface area contributed by atoms with Gasteiger partial charge in [0.15, 0.2) is 5.82 Å². The fourth-order valence-electron chi connectivity index (χ4n) is 0.898. The second-order valence-electron chi connectivity index (χ2n) is 2.65. The summed E-state index contributed by atoms with van der Waals surface area (Å²) in [4.78, 5) is 4.13. The van der Waals surface area contributed by atoms with Crippen molar-refractivity contribution in [3.8, 4) is 12.3 Å². The number of aromatic nitrogens is 2. The molecule has 1 N–H and O–H groups in total. The lowest BCUT2D eigenvalue weighted by Gasteiger charge is -1.92. The first kappa shape index (κ1) is 10.7. The van der Waals surface area contributed by atoms with E-state index in [9.17, 15) is 0 Å². The molecular weight excluding hydrogens is 182 g/mol. The summed E-state index contributed by atoms with van der Waals surface area (Å²) in [5, 5.41) is 6.73. The lowest BCUT2D eigenvalue weighted by molar-refractivity contribution is 0.199. The monoisotopic (exact) mass is 195 g/mol. The summed E-state index contributed by atoms with van der Waals surface area (Å²) in [6.45, 7) is 1.59. The molecule has 0 spiro atoms. The van der Waals surface area contributed by atoms with Crippen LogP contribution in [0, 0.1) is 12.3 Å². The highest BCUT2D eigenvalue weighted by Gasteiger charge is 2.04. The van der Waals surface area contributed by atoms with Crippen LogP contribution in [-0.4, -0.2) is 30.4 Å².